The van der Waals surface area contributed by atoms with Crippen molar-refractivity contribution in [2.45, 2.75) is 57.7 Å². The Hall–Kier alpha value is -0.120. The SMILES string of the molecule is CCC(O)CNCCOC1CCCCC1. The van der Waals surface area contributed by atoms with Crippen LogP contribution in [0.2, 0.25) is 0 Å². The molecular formula is C12H25NO2. The fourth-order valence-corrected chi connectivity index (χ4v) is 1.94. The number of hydrogen-bond acceptors (Lipinski definition) is 3. The molecule has 1 rings (SSSR count). The lowest BCUT2D eigenvalue weighted by Crippen LogP contribution is -2.30. The van der Waals surface area contributed by atoms with Gasteiger partial charge in [-0.15, -0.1) is 0 Å². The maximum Gasteiger partial charge on any atom is 0.0662 e. The molecule has 0 bridgehead atoms. The largest absolute Gasteiger partial charge is 0.392 e. The van der Waals surface area contributed by atoms with Crippen LogP contribution in [0.1, 0.15) is 45.4 Å². The fourth-order valence-electron chi connectivity index (χ4n) is 1.94. The lowest BCUT2D eigenvalue weighted by atomic mass is 9.98. The van der Waals surface area contributed by atoms with E-state index in [0.29, 0.717) is 12.6 Å². The second-order valence-corrected chi connectivity index (χ2v) is 4.40. The first-order valence-electron chi connectivity index (χ1n) is 6.33. The van der Waals surface area contributed by atoms with Gasteiger partial charge in [-0.25, -0.2) is 0 Å². The standard InChI is InChI=1S/C12H25NO2/c1-2-11(14)10-13-8-9-15-12-6-4-3-5-7-12/h11-14H,2-10H2,1H3. The van der Waals surface area contributed by atoms with E-state index in [-0.39, 0.29) is 6.10 Å². The quantitative estimate of drug-likeness (QED) is 0.635. The maximum absolute atomic E-state index is 9.30. The van der Waals surface area contributed by atoms with Crippen LogP contribution in [0.4, 0.5) is 0 Å². The highest BCUT2D eigenvalue weighted by Crippen LogP contribution is 2.19. The number of ether oxygens (including phenoxy) is 1. The molecule has 1 unspecified atom stereocenters. The summed E-state index contributed by atoms with van der Waals surface area (Å²) in [7, 11) is 0. The van der Waals surface area contributed by atoms with Crippen molar-refractivity contribution in [2.75, 3.05) is 19.7 Å². The van der Waals surface area contributed by atoms with Crippen molar-refractivity contribution in [3.63, 3.8) is 0 Å². The molecule has 0 aromatic heterocycles. The van der Waals surface area contributed by atoms with Crippen molar-refractivity contribution < 1.29 is 9.84 Å². The number of aliphatic hydroxyl groups excluding tert-OH is 1. The molecule has 0 aromatic rings. The van der Waals surface area contributed by atoms with Crippen LogP contribution in [0.25, 0.3) is 0 Å². The van der Waals surface area contributed by atoms with Gasteiger partial charge in [0.1, 0.15) is 0 Å². The Kier molecular flexibility index (Phi) is 6.98. The van der Waals surface area contributed by atoms with E-state index in [9.17, 15) is 5.11 Å². The molecule has 90 valence electrons. The van der Waals surface area contributed by atoms with E-state index in [2.05, 4.69) is 5.32 Å². The van der Waals surface area contributed by atoms with E-state index in [0.717, 1.165) is 19.6 Å². The van der Waals surface area contributed by atoms with E-state index in [1.807, 2.05) is 6.92 Å². The minimum atomic E-state index is -0.209. The summed E-state index contributed by atoms with van der Waals surface area (Å²) in [5.74, 6) is 0. The molecule has 0 saturated heterocycles. The molecule has 0 spiro atoms. The van der Waals surface area contributed by atoms with Crippen LogP contribution in [0, 0.1) is 0 Å². The van der Waals surface area contributed by atoms with Crippen LogP contribution in [-0.4, -0.2) is 37.0 Å². The van der Waals surface area contributed by atoms with Crippen molar-refractivity contribution >= 4 is 0 Å². The predicted molar refractivity (Wildman–Crippen MR) is 62.0 cm³/mol. The van der Waals surface area contributed by atoms with E-state index >= 15 is 0 Å². The summed E-state index contributed by atoms with van der Waals surface area (Å²) >= 11 is 0. The zero-order chi connectivity index (χ0) is 10.9. The van der Waals surface area contributed by atoms with Crippen molar-refractivity contribution in [1.29, 1.82) is 0 Å². The summed E-state index contributed by atoms with van der Waals surface area (Å²) in [5, 5.41) is 12.5. The molecular weight excluding hydrogens is 190 g/mol. The summed E-state index contributed by atoms with van der Waals surface area (Å²) in [4.78, 5) is 0. The van der Waals surface area contributed by atoms with Crippen LogP contribution in [0.15, 0.2) is 0 Å². The molecule has 0 radical (unpaired) electrons. The molecule has 1 atom stereocenters. The smallest absolute Gasteiger partial charge is 0.0662 e. The number of rotatable bonds is 7. The van der Waals surface area contributed by atoms with Gasteiger partial charge in [-0.2, -0.15) is 0 Å². The zero-order valence-electron chi connectivity index (χ0n) is 9.87. The Labute approximate surface area is 93.2 Å². The van der Waals surface area contributed by atoms with Crippen molar-refractivity contribution in [2.24, 2.45) is 0 Å². The lowest BCUT2D eigenvalue weighted by Gasteiger charge is -2.22. The Morgan fingerprint density at radius 1 is 1.33 bits per heavy atom. The highest BCUT2D eigenvalue weighted by Gasteiger charge is 2.12. The Morgan fingerprint density at radius 2 is 2.07 bits per heavy atom. The van der Waals surface area contributed by atoms with Gasteiger partial charge in [-0.1, -0.05) is 26.2 Å². The third-order valence-corrected chi connectivity index (χ3v) is 3.04. The van der Waals surface area contributed by atoms with E-state index in [4.69, 9.17) is 4.74 Å². The fraction of sp³-hybridized carbons (Fsp3) is 1.00. The first-order valence-corrected chi connectivity index (χ1v) is 6.33. The molecule has 1 aliphatic rings. The second-order valence-electron chi connectivity index (χ2n) is 4.40. The van der Waals surface area contributed by atoms with Crippen molar-refractivity contribution in [1.82, 2.24) is 5.32 Å². The minimum Gasteiger partial charge on any atom is -0.392 e. The van der Waals surface area contributed by atoms with Gasteiger partial charge >= 0.3 is 0 Å². The van der Waals surface area contributed by atoms with Gasteiger partial charge in [0.05, 0.1) is 18.8 Å². The predicted octanol–water partition coefficient (Wildman–Crippen LogP) is 1.70. The van der Waals surface area contributed by atoms with Crippen LogP contribution in [0.5, 0.6) is 0 Å². The summed E-state index contributed by atoms with van der Waals surface area (Å²) < 4.78 is 5.75. The van der Waals surface area contributed by atoms with Gasteiger partial charge in [0.15, 0.2) is 0 Å². The van der Waals surface area contributed by atoms with Crippen LogP contribution in [0.3, 0.4) is 0 Å². The monoisotopic (exact) mass is 215 g/mol. The average Bonchev–Trinajstić information content (AvgIpc) is 2.29. The molecule has 0 amide bonds. The van der Waals surface area contributed by atoms with Gasteiger partial charge in [-0.3, -0.25) is 0 Å². The normalized spacial score (nSPS) is 20.4. The third-order valence-electron chi connectivity index (χ3n) is 3.04. The van der Waals surface area contributed by atoms with E-state index < -0.39 is 0 Å². The summed E-state index contributed by atoms with van der Waals surface area (Å²) in [6, 6.07) is 0. The second kappa shape index (κ2) is 8.08. The number of nitrogens with one attached hydrogen (secondary N) is 1. The van der Waals surface area contributed by atoms with Crippen molar-refractivity contribution in [3.05, 3.63) is 0 Å². The molecule has 3 nitrogen and oxygen atoms in total. The lowest BCUT2D eigenvalue weighted by molar-refractivity contribution is 0.0292. The molecule has 0 aliphatic heterocycles. The zero-order valence-corrected chi connectivity index (χ0v) is 9.87. The van der Waals surface area contributed by atoms with Crippen LogP contribution in [-0.2, 0) is 4.74 Å². The molecule has 3 heteroatoms. The molecule has 0 heterocycles. The third kappa shape index (κ3) is 6.13. The molecule has 2 N–H and O–H groups in total. The van der Waals surface area contributed by atoms with E-state index in [1.54, 1.807) is 0 Å². The summed E-state index contributed by atoms with van der Waals surface area (Å²) in [5.41, 5.74) is 0. The number of hydrogen-bond donors (Lipinski definition) is 2. The number of aliphatic hydroxyl groups is 1. The van der Waals surface area contributed by atoms with Crippen molar-refractivity contribution in [3.8, 4) is 0 Å². The molecule has 15 heavy (non-hydrogen) atoms. The van der Waals surface area contributed by atoms with Gasteiger partial charge in [0.2, 0.25) is 0 Å². The molecule has 1 aliphatic carbocycles. The Balaban J connectivity index is 1.87. The first-order chi connectivity index (χ1) is 7.33. The summed E-state index contributed by atoms with van der Waals surface area (Å²) in [6.07, 6.45) is 7.60. The van der Waals surface area contributed by atoms with Gasteiger partial charge in [0.25, 0.3) is 0 Å². The van der Waals surface area contributed by atoms with Crippen LogP contribution < -0.4 is 5.32 Å². The summed E-state index contributed by atoms with van der Waals surface area (Å²) in [6.45, 7) is 4.31. The van der Waals surface area contributed by atoms with Crippen LogP contribution >= 0.6 is 0 Å². The highest BCUT2D eigenvalue weighted by molar-refractivity contribution is 4.65. The average molecular weight is 215 g/mol. The molecule has 0 aromatic carbocycles. The topological polar surface area (TPSA) is 41.5 Å². The van der Waals surface area contributed by atoms with E-state index in [1.165, 1.54) is 32.1 Å². The Bertz CT molecular complexity index is 147. The maximum atomic E-state index is 9.30. The molecule has 1 saturated carbocycles. The minimum absolute atomic E-state index is 0.209. The molecule has 1 fully saturated rings. The van der Waals surface area contributed by atoms with Gasteiger partial charge in [-0.05, 0) is 19.3 Å². The van der Waals surface area contributed by atoms with Gasteiger partial charge < -0.3 is 15.2 Å². The highest BCUT2D eigenvalue weighted by atomic mass is 16.5. The van der Waals surface area contributed by atoms with Gasteiger partial charge in [0, 0.05) is 13.1 Å². The Morgan fingerprint density at radius 3 is 2.73 bits per heavy atom. The first kappa shape index (κ1) is 12.9.